The van der Waals surface area contributed by atoms with Crippen LogP contribution in [-0.4, -0.2) is 17.5 Å². The summed E-state index contributed by atoms with van der Waals surface area (Å²) in [5, 5.41) is 0. The highest BCUT2D eigenvalue weighted by atomic mass is 79.9. The lowest BCUT2D eigenvalue weighted by molar-refractivity contribution is -0.116. The lowest BCUT2D eigenvalue weighted by Crippen LogP contribution is -2.28. The highest BCUT2D eigenvalue weighted by Crippen LogP contribution is 2.33. The smallest absolute Gasteiger partial charge is 0.224 e. The first-order valence-electron chi connectivity index (χ1n) is 16.8. The molecule has 0 saturated heterocycles. The number of pyridine rings is 1. The molecule has 2 aromatic carbocycles. The van der Waals surface area contributed by atoms with Gasteiger partial charge in [0.05, 0.1) is 13.2 Å². The Balaban J connectivity index is 0.00000675. The Bertz CT molecular complexity index is 1210. The summed E-state index contributed by atoms with van der Waals surface area (Å²) in [6.45, 7) is 11.9. The molecule has 3 aromatic rings. The molecule has 0 bridgehead atoms. The van der Waals surface area contributed by atoms with Crippen LogP contribution in [0.5, 0.6) is 5.75 Å². The van der Waals surface area contributed by atoms with E-state index in [1.54, 1.807) is 13.1 Å². The van der Waals surface area contributed by atoms with Crippen LogP contribution in [-0.2, 0) is 23.2 Å². The van der Waals surface area contributed by atoms with E-state index >= 15 is 0 Å². The van der Waals surface area contributed by atoms with E-state index in [9.17, 15) is 4.79 Å². The average Bonchev–Trinajstić information content (AvgIpc) is 2.98. The fraction of sp³-hybridized carbons (Fsp3) is 0.538. The predicted octanol–water partition coefficient (Wildman–Crippen LogP) is 11.2. The second kappa shape index (κ2) is 20.4. The van der Waals surface area contributed by atoms with Gasteiger partial charge in [0.25, 0.3) is 0 Å². The number of nitrogens with zero attached hydrogens (tertiary/aromatic N) is 2. The molecule has 0 N–H and O–H groups in total. The quantitative estimate of drug-likeness (QED) is 0.120. The number of benzene rings is 2. The first kappa shape index (κ1) is 37.5. The molecule has 0 saturated carbocycles. The second-order valence-corrected chi connectivity index (χ2v) is 13.1. The molecular weight excluding hydrogens is 608 g/mol. The zero-order valence-corrected chi connectivity index (χ0v) is 29.8. The molecule has 0 aliphatic heterocycles. The number of hydrogen-bond donors (Lipinski definition) is 0. The second-order valence-electron chi connectivity index (χ2n) is 13.1. The minimum atomic E-state index is -0.0191. The largest absolute Gasteiger partial charge is 0.493 e. The van der Waals surface area contributed by atoms with Crippen LogP contribution >= 0.6 is 17.0 Å². The molecule has 0 atom stereocenters. The van der Waals surface area contributed by atoms with Crippen LogP contribution < -0.4 is 9.64 Å². The standard InChI is InChI=1S/C39H56N2O2.BrH/c1-6-7-8-9-10-11-12-13-14-15-16-17-27-43-38-29-35(22-25-37(38)39(3,4)5)31-41(32(2)42)36-23-20-33(21-24-36)28-34-19-18-26-40-30-34;/h18-26,29-30H,6-17,27-28,31H2,1-5H3;1H. The molecule has 44 heavy (non-hydrogen) atoms. The van der Waals surface area contributed by atoms with Gasteiger partial charge in [0.2, 0.25) is 5.91 Å². The highest BCUT2D eigenvalue weighted by molar-refractivity contribution is 8.93. The van der Waals surface area contributed by atoms with Crippen LogP contribution in [0.1, 0.15) is 134 Å². The maximum Gasteiger partial charge on any atom is 0.224 e. The fourth-order valence-corrected chi connectivity index (χ4v) is 5.63. The number of aromatic nitrogens is 1. The Kier molecular flexibility index (Phi) is 17.4. The van der Waals surface area contributed by atoms with Gasteiger partial charge in [-0.15, -0.1) is 17.0 Å². The van der Waals surface area contributed by atoms with Crippen LogP contribution in [0.25, 0.3) is 0 Å². The number of rotatable bonds is 19. The van der Waals surface area contributed by atoms with E-state index in [1.165, 1.54) is 87.3 Å². The lowest BCUT2D eigenvalue weighted by Gasteiger charge is -2.26. The zero-order valence-electron chi connectivity index (χ0n) is 28.1. The number of amides is 1. The molecule has 0 aliphatic carbocycles. The molecule has 0 aliphatic rings. The summed E-state index contributed by atoms with van der Waals surface area (Å²) in [7, 11) is 0. The Labute approximate surface area is 278 Å². The van der Waals surface area contributed by atoms with Crippen molar-refractivity contribution in [2.45, 2.75) is 130 Å². The summed E-state index contributed by atoms with van der Waals surface area (Å²) in [5.74, 6) is 0.974. The summed E-state index contributed by atoms with van der Waals surface area (Å²) in [6, 6.07) is 18.8. The molecule has 1 amide bonds. The van der Waals surface area contributed by atoms with Crippen molar-refractivity contribution >= 4 is 28.6 Å². The Morgan fingerprint density at radius 2 is 1.36 bits per heavy atom. The lowest BCUT2D eigenvalue weighted by atomic mass is 9.85. The van der Waals surface area contributed by atoms with Crippen LogP contribution in [0.4, 0.5) is 5.69 Å². The molecule has 3 rings (SSSR count). The van der Waals surface area contributed by atoms with Gasteiger partial charge in [0.1, 0.15) is 5.75 Å². The number of hydrogen-bond acceptors (Lipinski definition) is 3. The van der Waals surface area contributed by atoms with Crippen molar-refractivity contribution in [3.8, 4) is 5.75 Å². The molecule has 0 fully saturated rings. The fourth-order valence-electron chi connectivity index (χ4n) is 5.63. The monoisotopic (exact) mass is 664 g/mol. The Morgan fingerprint density at radius 3 is 1.91 bits per heavy atom. The van der Waals surface area contributed by atoms with Crippen LogP contribution in [0, 0.1) is 0 Å². The van der Waals surface area contributed by atoms with Gasteiger partial charge in [0, 0.05) is 25.0 Å². The van der Waals surface area contributed by atoms with E-state index in [4.69, 9.17) is 4.74 Å². The Morgan fingerprint density at radius 1 is 0.773 bits per heavy atom. The van der Waals surface area contributed by atoms with Crippen LogP contribution in [0.15, 0.2) is 67.0 Å². The zero-order chi connectivity index (χ0) is 30.9. The normalized spacial score (nSPS) is 11.2. The molecule has 0 unspecified atom stereocenters. The van der Waals surface area contributed by atoms with Crippen molar-refractivity contribution in [1.29, 1.82) is 0 Å². The number of carbonyl (C=O) groups is 1. The van der Waals surface area contributed by atoms with Crippen LogP contribution in [0.2, 0.25) is 0 Å². The minimum absolute atomic E-state index is 0. The van der Waals surface area contributed by atoms with E-state index in [2.05, 4.69) is 69.1 Å². The van der Waals surface area contributed by atoms with Crippen molar-refractivity contribution in [2.75, 3.05) is 11.5 Å². The molecule has 0 spiro atoms. The molecule has 5 heteroatoms. The van der Waals surface area contributed by atoms with E-state index < -0.39 is 0 Å². The third-order valence-corrected chi connectivity index (χ3v) is 8.21. The minimum Gasteiger partial charge on any atom is -0.493 e. The van der Waals surface area contributed by atoms with Crippen LogP contribution in [0.3, 0.4) is 0 Å². The van der Waals surface area contributed by atoms with Crippen molar-refractivity contribution in [3.63, 3.8) is 0 Å². The molecule has 4 nitrogen and oxygen atoms in total. The summed E-state index contributed by atoms with van der Waals surface area (Å²) in [5.41, 5.74) is 5.55. The number of anilines is 1. The van der Waals surface area contributed by atoms with Crippen molar-refractivity contribution in [3.05, 3.63) is 89.2 Å². The third kappa shape index (κ3) is 13.5. The summed E-state index contributed by atoms with van der Waals surface area (Å²) in [6.07, 6.45) is 20.5. The highest BCUT2D eigenvalue weighted by Gasteiger charge is 2.21. The van der Waals surface area contributed by atoms with Gasteiger partial charge in [-0.2, -0.15) is 0 Å². The van der Waals surface area contributed by atoms with Gasteiger partial charge in [0.15, 0.2) is 0 Å². The van der Waals surface area contributed by atoms with E-state index in [0.717, 1.165) is 36.4 Å². The maximum absolute atomic E-state index is 12.7. The Hall–Kier alpha value is -2.66. The number of carbonyl (C=O) groups excluding carboxylic acids is 1. The summed E-state index contributed by atoms with van der Waals surface area (Å²) >= 11 is 0. The maximum atomic E-state index is 12.7. The molecular formula is C39H57BrN2O2. The molecule has 242 valence electrons. The summed E-state index contributed by atoms with van der Waals surface area (Å²) < 4.78 is 6.41. The number of halogens is 1. The van der Waals surface area contributed by atoms with E-state index in [-0.39, 0.29) is 28.3 Å². The average molecular weight is 666 g/mol. The van der Waals surface area contributed by atoms with Gasteiger partial charge in [-0.1, -0.05) is 129 Å². The molecule has 0 radical (unpaired) electrons. The SMILES string of the molecule is Br.CCCCCCCCCCCCCCOc1cc(CN(C(C)=O)c2ccc(Cc3cccnc3)cc2)ccc1C(C)(C)C. The predicted molar refractivity (Wildman–Crippen MR) is 192 cm³/mol. The van der Waals surface area contributed by atoms with Gasteiger partial charge < -0.3 is 9.64 Å². The number of ether oxygens (including phenoxy) is 1. The van der Waals surface area contributed by atoms with Crippen molar-refractivity contribution in [2.24, 2.45) is 0 Å². The first-order chi connectivity index (χ1) is 20.8. The van der Waals surface area contributed by atoms with Crippen molar-refractivity contribution in [1.82, 2.24) is 4.98 Å². The van der Waals surface area contributed by atoms with Crippen molar-refractivity contribution < 1.29 is 9.53 Å². The number of unbranched alkanes of at least 4 members (excludes halogenated alkanes) is 11. The topological polar surface area (TPSA) is 42.4 Å². The van der Waals surface area contributed by atoms with Gasteiger partial charge in [-0.3, -0.25) is 9.78 Å². The van der Waals surface area contributed by atoms with Gasteiger partial charge in [-0.05, 0) is 64.8 Å². The van der Waals surface area contributed by atoms with Gasteiger partial charge >= 0.3 is 0 Å². The molecule has 1 aromatic heterocycles. The first-order valence-corrected chi connectivity index (χ1v) is 16.8. The third-order valence-electron chi connectivity index (χ3n) is 8.21. The molecule has 1 heterocycles. The summed E-state index contributed by atoms with van der Waals surface area (Å²) in [4.78, 5) is 18.8. The van der Waals surface area contributed by atoms with E-state index in [0.29, 0.717) is 6.54 Å². The van der Waals surface area contributed by atoms with Gasteiger partial charge in [-0.25, -0.2) is 0 Å². The van der Waals surface area contributed by atoms with E-state index in [1.807, 2.05) is 29.3 Å².